The van der Waals surface area contributed by atoms with Gasteiger partial charge in [0.15, 0.2) is 0 Å². The number of nitrogens with one attached hydrogen (secondary N) is 1. The van der Waals surface area contributed by atoms with Crippen LogP contribution in [0.25, 0.3) is 0 Å². The minimum atomic E-state index is -0.552. The van der Waals surface area contributed by atoms with E-state index in [9.17, 15) is 14.9 Å². The molecular formula is C12H13BrN2O5. The summed E-state index contributed by atoms with van der Waals surface area (Å²) in [7, 11) is 1.26. The molecule has 0 radical (unpaired) electrons. The molecule has 1 aliphatic rings. The highest BCUT2D eigenvalue weighted by atomic mass is 79.9. The number of esters is 1. The molecular weight excluding hydrogens is 332 g/mol. The van der Waals surface area contributed by atoms with Crippen LogP contribution in [0.2, 0.25) is 0 Å². The van der Waals surface area contributed by atoms with Crippen LogP contribution in [0.3, 0.4) is 0 Å². The maximum Gasteiger partial charge on any atom is 0.337 e. The minimum absolute atomic E-state index is 0.0511. The molecule has 7 nitrogen and oxygen atoms in total. The number of hydrogen-bond donors (Lipinski definition) is 1. The van der Waals surface area contributed by atoms with Crippen molar-refractivity contribution in [2.75, 3.05) is 25.6 Å². The number of nitrogens with zero attached hydrogens (tertiary/aromatic N) is 1. The Bertz CT molecular complexity index is 545. The third-order valence-electron chi connectivity index (χ3n) is 2.98. The lowest BCUT2D eigenvalue weighted by Gasteiger charge is -2.26. The second-order valence-corrected chi connectivity index (χ2v) is 5.12. The Morgan fingerprint density at radius 2 is 2.35 bits per heavy atom. The van der Waals surface area contributed by atoms with Crippen molar-refractivity contribution in [3.8, 4) is 0 Å². The van der Waals surface area contributed by atoms with Gasteiger partial charge in [-0.2, -0.15) is 0 Å². The van der Waals surface area contributed by atoms with Crippen molar-refractivity contribution in [1.82, 2.24) is 0 Å². The summed E-state index contributed by atoms with van der Waals surface area (Å²) in [6.45, 7) is 1.16. The van der Waals surface area contributed by atoms with E-state index in [0.717, 1.165) is 6.42 Å². The van der Waals surface area contributed by atoms with Crippen LogP contribution in [0, 0.1) is 10.1 Å². The molecule has 0 bridgehead atoms. The summed E-state index contributed by atoms with van der Waals surface area (Å²) in [5.41, 5.74) is 0.388. The summed E-state index contributed by atoms with van der Waals surface area (Å²) < 4.78 is 10.1. The Kier molecular flexibility index (Phi) is 4.56. The molecule has 1 saturated heterocycles. The highest BCUT2D eigenvalue weighted by molar-refractivity contribution is 9.10. The second-order valence-electron chi connectivity index (χ2n) is 4.27. The lowest BCUT2D eigenvalue weighted by molar-refractivity contribution is -0.384. The Morgan fingerprint density at radius 3 is 2.85 bits per heavy atom. The SMILES string of the molecule is COC(=O)c1cc(Br)c([N+](=O)[O-])c(NC[C@@H]2CCO2)c1. The molecule has 2 rings (SSSR count). The third kappa shape index (κ3) is 3.07. The van der Waals surface area contributed by atoms with Crippen LogP contribution in [0.15, 0.2) is 16.6 Å². The highest BCUT2D eigenvalue weighted by Gasteiger charge is 2.24. The average Bonchev–Trinajstić information content (AvgIpc) is 2.34. The normalized spacial score (nSPS) is 17.2. The molecule has 1 aliphatic heterocycles. The standard InChI is InChI=1S/C12H13BrN2O5/c1-19-12(16)7-4-9(13)11(15(17)18)10(5-7)14-6-8-2-3-20-8/h4-5,8,14H,2-3,6H2,1H3/t8-/m0/s1. The number of methoxy groups -OCH3 is 1. The van der Waals surface area contributed by atoms with Crippen molar-refractivity contribution in [3.05, 3.63) is 32.3 Å². The maximum absolute atomic E-state index is 11.5. The molecule has 0 aliphatic carbocycles. The fourth-order valence-corrected chi connectivity index (χ4v) is 2.43. The summed E-state index contributed by atoms with van der Waals surface area (Å²) in [5.74, 6) is -0.552. The van der Waals surface area contributed by atoms with Gasteiger partial charge < -0.3 is 14.8 Å². The van der Waals surface area contributed by atoms with Crippen LogP contribution < -0.4 is 5.32 Å². The van der Waals surface area contributed by atoms with Gasteiger partial charge in [-0.15, -0.1) is 0 Å². The average molecular weight is 345 g/mol. The fourth-order valence-electron chi connectivity index (χ4n) is 1.82. The molecule has 1 N–H and O–H groups in total. The molecule has 8 heteroatoms. The number of hydrogen-bond acceptors (Lipinski definition) is 6. The van der Waals surface area contributed by atoms with Gasteiger partial charge in [-0.05, 0) is 34.5 Å². The van der Waals surface area contributed by atoms with E-state index in [1.165, 1.54) is 19.2 Å². The first-order chi connectivity index (χ1) is 9.52. The highest BCUT2D eigenvalue weighted by Crippen LogP contribution is 2.35. The van der Waals surface area contributed by atoms with Crippen molar-refractivity contribution >= 4 is 33.3 Å². The summed E-state index contributed by atoms with van der Waals surface area (Å²) >= 11 is 3.11. The molecule has 108 valence electrons. The van der Waals surface area contributed by atoms with Crippen molar-refractivity contribution < 1.29 is 19.2 Å². The van der Waals surface area contributed by atoms with E-state index in [1.807, 2.05) is 0 Å². The van der Waals surface area contributed by atoms with Gasteiger partial charge in [-0.3, -0.25) is 10.1 Å². The molecule has 20 heavy (non-hydrogen) atoms. The van der Waals surface area contributed by atoms with E-state index in [2.05, 4.69) is 26.0 Å². The number of ether oxygens (including phenoxy) is 2. The first kappa shape index (κ1) is 14.7. The maximum atomic E-state index is 11.5. The number of carbonyl (C=O) groups excluding carboxylic acids is 1. The van der Waals surface area contributed by atoms with E-state index in [-0.39, 0.29) is 27.5 Å². The zero-order chi connectivity index (χ0) is 14.7. The van der Waals surface area contributed by atoms with Crippen LogP contribution in [0.5, 0.6) is 0 Å². The van der Waals surface area contributed by atoms with E-state index in [1.54, 1.807) is 0 Å². The molecule has 0 aromatic heterocycles. The van der Waals surface area contributed by atoms with E-state index >= 15 is 0 Å². The molecule has 0 amide bonds. The smallest absolute Gasteiger partial charge is 0.337 e. The van der Waals surface area contributed by atoms with Gasteiger partial charge in [0.05, 0.1) is 28.2 Å². The Balaban J connectivity index is 2.30. The Morgan fingerprint density at radius 1 is 1.65 bits per heavy atom. The first-order valence-electron chi connectivity index (χ1n) is 5.94. The molecule has 0 spiro atoms. The van der Waals surface area contributed by atoms with Gasteiger partial charge in [0.1, 0.15) is 5.69 Å². The van der Waals surface area contributed by atoms with Gasteiger partial charge in [0.2, 0.25) is 0 Å². The summed E-state index contributed by atoms with van der Waals surface area (Å²) in [6.07, 6.45) is 0.966. The molecule has 1 heterocycles. The Hall–Kier alpha value is -1.67. The summed E-state index contributed by atoms with van der Waals surface area (Å²) in [5, 5.41) is 14.1. The predicted molar refractivity (Wildman–Crippen MR) is 75.0 cm³/mol. The number of halogens is 1. The lowest BCUT2D eigenvalue weighted by Crippen LogP contribution is -2.33. The first-order valence-corrected chi connectivity index (χ1v) is 6.74. The molecule has 1 aromatic rings. The molecule has 1 aromatic carbocycles. The zero-order valence-corrected chi connectivity index (χ0v) is 12.3. The van der Waals surface area contributed by atoms with Gasteiger partial charge in [0.25, 0.3) is 0 Å². The van der Waals surface area contributed by atoms with E-state index in [4.69, 9.17) is 4.74 Å². The van der Waals surface area contributed by atoms with Crippen LogP contribution in [0.4, 0.5) is 11.4 Å². The second kappa shape index (κ2) is 6.19. The molecule has 1 fully saturated rings. The van der Waals surface area contributed by atoms with Gasteiger partial charge in [0, 0.05) is 13.2 Å². The van der Waals surface area contributed by atoms with Crippen LogP contribution >= 0.6 is 15.9 Å². The van der Waals surface area contributed by atoms with Crippen LogP contribution in [0.1, 0.15) is 16.8 Å². The number of nitro benzene ring substituents is 1. The van der Waals surface area contributed by atoms with Crippen LogP contribution in [-0.4, -0.2) is 37.3 Å². The number of anilines is 1. The predicted octanol–water partition coefficient (Wildman–Crippen LogP) is 2.34. The topological polar surface area (TPSA) is 90.7 Å². The Labute approximate surface area is 123 Å². The number of nitro groups is 1. The molecule has 1 atom stereocenters. The van der Waals surface area contributed by atoms with Crippen LogP contribution in [-0.2, 0) is 9.47 Å². The minimum Gasteiger partial charge on any atom is -0.465 e. The summed E-state index contributed by atoms with van der Waals surface area (Å²) in [6, 6.07) is 2.78. The lowest BCUT2D eigenvalue weighted by atomic mass is 10.1. The largest absolute Gasteiger partial charge is 0.465 e. The van der Waals surface area contributed by atoms with Crippen molar-refractivity contribution in [2.45, 2.75) is 12.5 Å². The number of benzene rings is 1. The monoisotopic (exact) mass is 344 g/mol. The zero-order valence-electron chi connectivity index (χ0n) is 10.7. The van der Waals surface area contributed by atoms with Gasteiger partial charge in [-0.1, -0.05) is 0 Å². The number of carbonyl (C=O) groups is 1. The molecule has 0 unspecified atom stereocenters. The number of rotatable bonds is 5. The van der Waals surface area contributed by atoms with Crippen molar-refractivity contribution in [1.29, 1.82) is 0 Å². The van der Waals surface area contributed by atoms with Gasteiger partial charge >= 0.3 is 11.7 Å². The van der Waals surface area contributed by atoms with Gasteiger partial charge in [-0.25, -0.2) is 4.79 Å². The van der Waals surface area contributed by atoms with Crippen molar-refractivity contribution in [2.24, 2.45) is 0 Å². The van der Waals surface area contributed by atoms with E-state index in [0.29, 0.717) is 13.2 Å². The summed E-state index contributed by atoms with van der Waals surface area (Å²) in [4.78, 5) is 22.1. The molecule has 0 saturated carbocycles. The third-order valence-corrected chi connectivity index (χ3v) is 3.59. The van der Waals surface area contributed by atoms with E-state index < -0.39 is 10.9 Å². The quantitative estimate of drug-likeness (QED) is 0.500. The van der Waals surface area contributed by atoms with Crippen molar-refractivity contribution in [3.63, 3.8) is 0 Å². The fraction of sp³-hybridized carbons (Fsp3) is 0.417.